The summed E-state index contributed by atoms with van der Waals surface area (Å²) in [5, 5.41) is 118. The van der Waals surface area contributed by atoms with Crippen molar-refractivity contribution in [3.63, 3.8) is 0 Å². The van der Waals surface area contributed by atoms with Gasteiger partial charge in [-0.25, -0.2) is 4.79 Å². The van der Waals surface area contributed by atoms with E-state index < -0.39 is 123 Å². The molecule has 3 aromatic rings. The van der Waals surface area contributed by atoms with Crippen molar-refractivity contribution < 1.29 is 122 Å². The van der Waals surface area contributed by atoms with Gasteiger partial charge in [-0.1, -0.05) is 6.07 Å². The third kappa shape index (κ3) is 13.0. The third-order valence-corrected chi connectivity index (χ3v) is 12.8. The Kier molecular flexibility index (Phi) is 18.3. The Bertz CT molecular complexity index is 2990. The van der Waals surface area contributed by atoms with Crippen molar-refractivity contribution in [2.24, 2.45) is 0 Å². The summed E-state index contributed by atoms with van der Waals surface area (Å²) in [6.45, 7) is -2.13. The first kappa shape index (κ1) is 57.6. The molecule has 0 saturated carbocycles. The fourth-order valence-corrected chi connectivity index (χ4v) is 8.55. The number of benzene rings is 4. The van der Waals surface area contributed by atoms with E-state index in [-0.39, 0.29) is 68.6 Å². The maximum atomic E-state index is 13.4. The van der Waals surface area contributed by atoms with Gasteiger partial charge in [-0.15, -0.1) is 0 Å². The molecule has 3 fully saturated rings. The Morgan fingerprint density at radius 1 is 0.658 bits per heavy atom. The van der Waals surface area contributed by atoms with Gasteiger partial charge < -0.3 is 117 Å². The summed E-state index contributed by atoms with van der Waals surface area (Å²) in [7, 11) is 3.93. The highest BCUT2D eigenvalue weighted by Gasteiger charge is 2.52. The van der Waals surface area contributed by atoms with Crippen LogP contribution in [0.25, 0.3) is 34.8 Å². The molecule has 424 valence electrons. The minimum atomic E-state index is -2.08. The van der Waals surface area contributed by atoms with Crippen molar-refractivity contribution in [2.75, 3.05) is 41.2 Å². The van der Waals surface area contributed by atoms with Gasteiger partial charge in [0.15, 0.2) is 64.5 Å². The van der Waals surface area contributed by atoms with Crippen LogP contribution in [0.1, 0.15) is 11.1 Å². The topological polar surface area (TPSA) is 393 Å². The van der Waals surface area contributed by atoms with Crippen molar-refractivity contribution in [3.8, 4) is 68.6 Å². The molecule has 0 bridgehead atoms. The summed E-state index contributed by atoms with van der Waals surface area (Å²) in [5.41, 5.74) is 0.152. The lowest BCUT2D eigenvalue weighted by Gasteiger charge is -2.44. The number of methoxy groups -OCH3 is 3. The van der Waals surface area contributed by atoms with Crippen LogP contribution in [0.4, 0.5) is 0 Å². The van der Waals surface area contributed by atoms with Crippen LogP contribution in [-0.4, -0.2) is 200 Å². The molecule has 0 amide bonds. The molecular weight excluding hydrogens is 1050 g/mol. The molecule has 26 heteroatoms. The van der Waals surface area contributed by atoms with Gasteiger partial charge in [-0.05, 0) is 77.9 Å². The number of carbonyl (C=O) groups excluding carboxylic acids is 2. The Balaban J connectivity index is 1.15. The van der Waals surface area contributed by atoms with Gasteiger partial charge in [-0.3, -0.25) is 4.79 Å². The first-order valence-electron chi connectivity index (χ1n) is 24.1. The second kappa shape index (κ2) is 25.0. The van der Waals surface area contributed by atoms with Crippen LogP contribution < -0.4 is 29.1 Å². The van der Waals surface area contributed by atoms with Gasteiger partial charge in [0.1, 0.15) is 66.1 Å². The molecular formula is C53H57O26+. The normalized spacial score (nSPS) is 28.1. The molecule has 5 aliphatic rings. The van der Waals surface area contributed by atoms with Gasteiger partial charge in [0.2, 0.25) is 24.9 Å². The Morgan fingerprint density at radius 2 is 1.30 bits per heavy atom. The number of esters is 2. The van der Waals surface area contributed by atoms with Gasteiger partial charge in [0.25, 0.3) is 0 Å². The highest BCUT2D eigenvalue weighted by Crippen LogP contribution is 2.44. The van der Waals surface area contributed by atoms with Crippen molar-refractivity contribution >= 4 is 24.1 Å². The van der Waals surface area contributed by atoms with Crippen LogP contribution >= 0.6 is 0 Å². The fraction of sp³-hybridized carbons (Fsp3) is 0.377. The van der Waals surface area contributed by atoms with Gasteiger partial charge in [-0.2, -0.15) is 0 Å². The number of phenolic OH excluding ortho intramolecular Hbond substituents is 3. The first-order valence-corrected chi connectivity index (χ1v) is 24.1. The molecule has 26 nitrogen and oxygen atoms in total. The van der Waals surface area contributed by atoms with Crippen LogP contribution in [0.2, 0.25) is 0 Å². The van der Waals surface area contributed by atoms with Gasteiger partial charge in [0, 0.05) is 23.8 Å². The fourth-order valence-electron chi connectivity index (χ4n) is 8.55. The zero-order valence-corrected chi connectivity index (χ0v) is 42.0. The molecule has 0 radical (unpaired) electrons. The number of carbonyl (C=O) groups is 1. The number of hydrogen-bond donors (Lipinski definition) is 11. The summed E-state index contributed by atoms with van der Waals surface area (Å²) >= 11 is 0. The van der Waals surface area contributed by atoms with E-state index in [9.17, 15) is 70.6 Å². The maximum Gasteiger partial charge on any atom is 0.510 e. The average Bonchev–Trinajstić information content (AvgIpc) is 3.45. The molecule has 0 spiro atoms. The number of fused-ring (bicyclic) bond motifs is 1. The van der Waals surface area contributed by atoms with E-state index in [0.717, 1.165) is 24.3 Å². The number of aliphatic hydroxyl groups excluding tert-OH is 8. The van der Waals surface area contributed by atoms with Crippen molar-refractivity contribution in [3.05, 3.63) is 106 Å². The molecule has 3 aromatic carbocycles. The lowest BCUT2D eigenvalue weighted by Crippen LogP contribution is -2.64. The molecule has 4 heterocycles. The number of rotatable bonds is 18. The molecule has 12 N–H and O–H groups in total. The standard InChI is InChI=1S/C53H56O26/c1-68-33-14-23(4-11-29(33)57)5-12-39(59)71-22-38-44(64)46(66)50(79-52-49(41(61)30(58)21-72-52)78-40(60)13-6-24-15-34(69-2)42(62)35(16-24)70-3)53(77-38)75-36-19-28-31(73-48(36)25-7-9-26(55)10-8-25)17-27(56)18-32(28)74-51-47(67)45(65)43(63)37(20-54)76-51/h4-19,30,37-38,41,43-47,49-55,57-58,61-67H,20-22H2,1-3H3/p+1. The summed E-state index contributed by atoms with van der Waals surface area (Å²) in [6.07, 6.45) is -20.9. The third-order valence-electron chi connectivity index (χ3n) is 12.8. The number of aliphatic hydroxyl groups is 8. The quantitative estimate of drug-likeness (QED) is 0.0309. The SMILES string of the molecule is COc1cc(C=CC(=[OH+])OCC2OC(Oc3cc4c(OC5OC(CO)C(O)C(O)C5O)cc(=O)cc-4oc3-c3ccc(O)cc3)C(OC3OCC(O)C(O)C3OC(=O)C=Cc3cc(OC)c(O)c(OC)c3)C(O)C2O)ccc1O. The molecule has 79 heavy (non-hydrogen) atoms. The van der Waals surface area contributed by atoms with E-state index >= 15 is 0 Å². The smallest absolute Gasteiger partial charge is 0.508 e. The first-order chi connectivity index (χ1) is 37.8. The highest BCUT2D eigenvalue weighted by molar-refractivity contribution is 5.88. The zero-order valence-electron chi connectivity index (χ0n) is 42.0. The van der Waals surface area contributed by atoms with Crippen LogP contribution in [0.5, 0.6) is 46.0 Å². The van der Waals surface area contributed by atoms with Crippen LogP contribution in [0.3, 0.4) is 0 Å². The maximum absolute atomic E-state index is 13.4. The van der Waals surface area contributed by atoms with Gasteiger partial charge >= 0.3 is 11.9 Å². The van der Waals surface area contributed by atoms with E-state index in [1.807, 2.05) is 0 Å². The van der Waals surface area contributed by atoms with Crippen LogP contribution in [-0.2, 0) is 33.2 Å². The molecule has 1 aliphatic carbocycles. The second-order valence-electron chi connectivity index (χ2n) is 18.1. The summed E-state index contributed by atoms with van der Waals surface area (Å²) in [5.74, 6) is -3.37. The number of ether oxygens (including phenoxy) is 11. The van der Waals surface area contributed by atoms with Gasteiger partial charge in [0.05, 0.1) is 46.2 Å². The predicted molar refractivity (Wildman–Crippen MR) is 268 cm³/mol. The van der Waals surface area contributed by atoms with Crippen molar-refractivity contribution in [1.82, 2.24) is 0 Å². The average molecular weight is 1110 g/mol. The van der Waals surface area contributed by atoms with Crippen LogP contribution in [0, 0.1) is 0 Å². The monoisotopic (exact) mass is 1110 g/mol. The van der Waals surface area contributed by atoms with E-state index in [1.165, 1.54) is 94.1 Å². The van der Waals surface area contributed by atoms with E-state index in [2.05, 4.69) is 0 Å². The minimum absolute atomic E-state index is 0.00540. The van der Waals surface area contributed by atoms with E-state index in [0.29, 0.717) is 11.1 Å². The second-order valence-corrected chi connectivity index (χ2v) is 18.1. The lowest BCUT2D eigenvalue weighted by molar-refractivity contribution is -0.345. The molecule has 3 saturated heterocycles. The molecule has 0 aromatic heterocycles. The Hall–Kier alpha value is -7.57. The lowest BCUT2D eigenvalue weighted by atomic mass is 9.98. The molecule has 4 aliphatic heterocycles. The van der Waals surface area contributed by atoms with Crippen LogP contribution in [0.15, 0.2) is 94.2 Å². The molecule has 8 rings (SSSR count). The van der Waals surface area contributed by atoms with E-state index in [4.69, 9.17) is 56.5 Å². The van der Waals surface area contributed by atoms with Crippen molar-refractivity contribution in [1.29, 1.82) is 0 Å². The summed E-state index contributed by atoms with van der Waals surface area (Å²) in [4.78, 5) is 37.4. The minimum Gasteiger partial charge on any atom is -0.508 e. The zero-order chi connectivity index (χ0) is 56.8. The van der Waals surface area contributed by atoms with E-state index in [1.54, 1.807) is 0 Å². The highest BCUT2D eigenvalue weighted by atomic mass is 16.8. The summed E-state index contributed by atoms with van der Waals surface area (Å²) < 4.78 is 69.0. The number of phenols is 3. The molecule has 14 unspecified atom stereocenters. The number of hydrogen-bond acceptors (Lipinski definition) is 25. The molecule has 14 atom stereocenters. The predicted octanol–water partition coefficient (Wildman–Crippen LogP) is -0.121. The largest absolute Gasteiger partial charge is 0.510 e. The number of aromatic hydroxyl groups is 3. The Labute approximate surface area is 447 Å². The Morgan fingerprint density at radius 3 is 1.99 bits per heavy atom. The van der Waals surface area contributed by atoms with Crippen molar-refractivity contribution in [2.45, 2.75) is 86.0 Å². The summed E-state index contributed by atoms with van der Waals surface area (Å²) in [6, 6.07) is 15.7.